The first-order chi connectivity index (χ1) is 14.0. The summed E-state index contributed by atoms with van der Waals surface area (Å²) in [4.78, 5) is 0. The van der Waals surface area contributed by atoms with Gasteiger partial charge in [-0.05, 0) is 67.3 Å². The SMILES string of the molecule is CCOc1cc(CNc2ccc(C)c(Cl)c2)c(Br)cc1OCc1ccccc1C. The van der Waals surface area contributed by atoms with E-state index in [4.69, 9.17) is 21.1 Å². The van der Waals surface area contributed by atoms with E-state index in [2.05, 4.69) is 40.3 Å². The molecule has 1 N–H and O–H groups in total. The normalized spacial score (nSPS) is 10.7. The molecule has 0 saturated heterocycles. The molecule has 0 atom stereocenters. The minimum absolute atomic E-state index is 0.499. The van der Waals surface area contributed by atoms with Gasteiger partial charge in [0, 0.05) is 21.7 Å². The predicted molar refractivity (Wildman–Crippen MR) is 124 cm³/mol. The molecule has 0 heterocycles. The van der Waals surface area contributed by atoms with Gasteiger partial charge in [-0.2, -0.15) is 0 Å². The van der Waals surface area contributed by atoms with Crippen LogP contribution < -0.4 is 14.8 Å². The van der Waals surface area contributed by atoms with Crippen LogP contribution in [0.2, 0.25) is 5.02 Å². The van der Waals surface area contributed by atoms with Crippen LogP contribution in [-0.2, 0) is 13.2 Å². The smallest absolute Gasteiger partial charge is 0.162 e. The van der Waals surface area contributed by atoms with Crippen LogP contribution >= 0.6 is 27.5 Å². The van der Waals surface area contributed by atoms with Crippen LogP contribution in [0, 0.1) is 13.8 Å². The molecule has 0 aliphatic carbocycles. The third-order valence-corrected chi connectivity index (χ3v) is 5.86. The zero-order valence-corrected chi connectivity index (χ0v) is 19.2. The van der Waals surface area contributed by atoms with Gasteiger partial charge in [0.2, 0.25) is 0 Å². The molecular formula is C24H25BrClNO2. The molecule has 0 aromatic heterocycles. The van der Waals surface area contributed by atoms with Crippen molar-refractivity contribution in [1.29, 1.82) is 0 Å². The number of hydrogen-bond donors (Lipinski definition) is 1. The predicted octanol–water partition coefficient (Wildman–Crippen LogP) is 7.31. The summed E-state index contributed by atoms with van der Waals surface area (Å²) >= 11 is 9.90. The van der Waals surface area contributed by atoms with Crippen molar-refractivity contribution in [2.45, 2.75) is 33.9 Å². The van der Waals surface area contributed by atoms with Crippen LogP contribution in [-0.4, -0.2) is 6.61 Å². The summed E-state index contributed by atoms with van der Waals surface area (Å²) in [6.07, 6.45) is 0. The van der Waals surface area contributed by atoms with Crippen molar-refractivity contribution >= 4 is 33.2 Å². The Hall–Kier alpha value is -2.17. The van der Waals surface area contributed by atoms with Crippen molar-refractivity contribution in [3.8, 4) is 11.5 Å². The van der Waals surface area contributed by atoms with Gasteiger partial charge in [0.05, 0.1) is 6.61 Å². The lowest BCUT2D eigenvalue weighted by molar-refractivity contribution is 0.268. The Kier molecular flexibility index (Phi) is 7.45. The first-order valence-electron chi connectivity index (χ1n) is 9.60. The zero-order valence-electron chi connectivity index (χ0n) is 16.9. The fourth-order valence-corrected chi connectivity index (χ4v) is 3.56. The topological polar surface area (TPSA) is 30.5 Å². The summed E-state index contributed by atoms with van der Waals surface area (Å²) in [5, 5.41) is 4.17. The molecule has 5 heteroatoms. The highest BCUT2D eigenvalue weighted by molar-refractivity contribution is 9.10. The first kappa shape index (κ1) is 21.5. The largest absolute Gasteiger partial charge is 0.490 e. The van der Waals surface area contributed by atoms with Crippen molar-refractivity contribution in [3.63, 3.8) is 0 Å². The molecule has 0 radical (unpaired) electrons. The highest BCUT2D eigenvalue weighted by Gasteiger charge is 2.12. The van der Waals surface area contributed by atoms with E-state index in [-0.39, 0.29) is 0 Å². The van der Waals surface area contributed by atoms with E-state index in [1.807, 2.05) is 56.3 Å². The lowest BCUT2D eigenvalue weighted by atomic mass is 10.1. The molecule has 0 unspecified atom stereocenters. The Bertz CT molecular complexity index is 991. The van der Waals surface area contributed by atoms with Crippen molar-refractivity contribution in [2.75, 3.05) is 11.9 Å². The maximum absolute atomic E-state index is 6.22. The molecule has 3 aromatic rings. The molecule has 0 fully saturated rings. The van der Waals surface area contributed by atoms with Gasteiger partial charge >= 0.3 is 0 Å². The third-order valence-electron chi connectivity index (χ3n) is 4.71. The van der Waals surface area contributed by atoms with E-state index in [1.165, 1.54) is 5.56 Å². The van der Waals surface area contributed by atoms with E-state index < -0.39 is 0 Å². The van der Waals surface area contributed by atoms with Gasteiger partial charge in [0.25, 0.3) is 0 Å². The summed E-state index contributed by atoms with van der Waals surface area (Å²) < 4.78 is 12.9. The zero-order chi connectivity index (χ0) is 20.8. The molecule has 0 aliphatic heterocycles. The van der Waals surface area contributed by atoms with Gasteiger partial charge in [-0.25, -0.2) is 0 Å². The Labute approximate surface area is 186 Å². The molecular weight excluding hydrogens is 450 g/mol. The third kappa shape index (κ3) is 5.68. The molecule has 29 heavy (non-hydrogen) atoms. The van der Waals surface area contributed by atoms with E-state index >= 15 is 0 Å². The second kappa shape index (κ2) is 10.0. The lowest BCUT2D eigenvalue weighted by Crippen LogP contribution is -2.04. The maximum Gasteiger partial charge on any atom is 0.162 e. The first-order valence-corrected chi connectivity index (χ1v) is 10.8. The highest BCUT2D eigenvalue weighted by Crippen LogP contribution is 2.35. The van der Waals surface area contributed by atoms with Crippen LogP contribution in [0.15, 0.2) is 59.1 Å². The molecule has 0 amide bonds. The Morgan fingerprint density at radius 2 is 1.66 bits per heavy atom. The average Bonchev–Trinajstić information content (AvgIpc) is 2.70. The lowest BCUT2D eigenvalue weighted by Gasteiger charge is -2.16. The summed E-state index contributed by atoms with van der Waals surface area (Å²) in [6, 6.07) is 18.2. The average molecular weight is 475 g/mol. The molecule has 0 bridgehead atoms. The van der Waals surface area contributed by atoms with E-state index in [0.29, 0.717) is 19.8 Å². The van der Waals surface area contributed by atoms with Crippen LogP contribution in [0.4, 0.5) is 5.69 Å². The Morgan fingerprint density at radius 3 is 2.38 bits per heavy atom. The maximum atomic E-state index is 6.22. The number of nitrogens with one attached hydrogen (secondary N) is 1. The second-order valence-corrected chi connectivity index (χ2v) is 8.12. The van der Waals surface area contributed by atoms with Crippen LogP contribution in [0.25, 0.3) is 0 Å². The molecule has 0 spiro atoms. The number of benzene rings is 3. The standard InChI is InChI=1S/C24H25BrClNO2/c1-4-28-23-11-19(14-27-20-10-9-17(3)22(26)12-20)21(25)13-24(23)29-15-18-8-6-5-7-16(18)2/h5-13,27H,4,14-15H2,1-3H3. The molecule has 0 aliphatic rings. The molecule has 3 rings (SSSR count). The minimum atomic E-state index is 0.499. The van der Waals surface area contributed by atoms with Crippen LogP contribution in [0.3, 0.4) is 0 Å². The van der Waals surface area contributed by atoms with Gasteiger partial charge in [0.1, 0.15) is 6.61 Å². The Morgan fingerprint density at radius 1 is 0.897 bits per heavy atom. The van der Waals surface area contributed by atoms with Gasteiger partial charge in [0.15, 0.2) is 11.5 Å². The molecule has 3 aromatic carbocycles. The number of hydrogen-bond acceptors (Lipinski definition) is 3. The minimum Gasteiger partial charge on any atom is -0.490 e. The van der Waals surface area contributed by atoms with Crippen LogP contribution in [0.1, 0.15) is 29.2 Å². The fourth-order valence-electron chi connectivity index (χ4n) is 2.92. The van der Waals surface area contributed by atoms with Gasteiger partial charge in [-0.3, -0.25) is 0 Å². The molecule has 0 saturated carbocycles. The van der Waals surface area contributed by atoms with Crippen molar-refractivity contribution in [1.82, 2.24) is 0 Å². The van der Waals surface area contributed by atoms with Crippen molar-refractivity contribution in [2.24, 2.45) is 0 Å². The Balaban J connectivity index is 1.76. The van der Waals surface area contributed by atoms with E-state index in [0.717, 1.165) is 43.4 Å². The van der Waals surface area contributed by atoms with Crippen molar-refractivity contribution < 1.29 is 9.47 Å². The fraction of sp³-hybridized carbons (Fsp3) is 0.250. The monoisotopic (exact) mass is 473 g/mol. The summed E-state index contributed by atoms with van der Waals surface area (Å²) in [6.45, 7) is 7.76. The second-order valence-electron chi connectivity index (χ2n) is 6.86. The van der Waals surface area contributed by atoms with Crippen LogP contribution in [0.5, 0.6) is 11.5 Å². The molecule has 152 valence electrons. The van der Waals surface area contributed by atoms with Gasteiger partial charge in [-0.1, -0.05) is 57.9 Å². The number of ether oxygens (including phenoxy) is 2. The number of aryl methyl sites for hydroxylation is 2. The van der Waals surface area contributed by atoms with Gasteiger partial charge < -0.3 is 14.8 Å². The van der Waals surface area contributed by atoms with E-state index in [1.54, 1.807) is 0 Å². The molecule has 3 nitrogen and oxygen atoms in total. The summed E-state index contributed by atoms with van der Waals surface area (Å²) in [5.74, 6) is 1.46. The number of rotatable bonds is 8. The van der Waals surface area contributed by atoms with Gasteiger partial charge in [-0.15, -0.1) is 0 Å². The van der Waals surface area contributed by atoms with Crippen molar-refractivity contribution in [3.05, 3.63) is 86.3 Å². The number of anilines is 1. The summed E-state index contributed by atoms with van der Waals surface area (Å²) in [5.41, 5.74) is 5.49. The summed E-state index contributed by atoms with van der Waals surface area (Å²) in [7, 11) is 0. The highest BCUT2D eigenvalue weighted by atomic mass is 79.9. The van der Waals surface area contributed by atoms with E-state index in [9.17, 15) is 0 Å². The quantitative estimate of drug-likeness (QED) is 0.371. The number of halogens is 2.